The number of aromatic amines is 1. The molecule has 1 aromatic heterocycles. The fourth-order valence-corrected chi connectivity index (χ4v) is 10.3. The molecule has 12 amide bonds. The van der Waals surface area contributed by atoms with Crippen LogP contribution in [0.4, 0.5) is 5.69 Å². The summed E-state index contributed by atoms with van der Waals surface area (Å²) in [5.41, 5.74) is 13.2. The molecule has 2 aromatic carbocycles. The molecule has 23 N–H and O–H groups in total. The lowest BCUT2D eigenvalue weighted by Gasteiger charge is -2.30. The van der Waals surface area contributed by atoms with Gasteiger partial charge in [0.25, 0.3) is 0 Å². The minimum atomic E-state index is -2.37. The zero-order chi connectivity index (χ0) is 78.5. The number of Topliss-reactive ketones (excluding diaryl/α,β-unsaturated/α-hetero) is 2. The normalized spacial score (nSPS) is 22.1. The number of hydrogen-bond acceptors (Lipinski definition) is 25. The van der Waals surface area contributed by atoms with E-state index < -0.39 is 249 Å². The van der Waals surface area contributed by atoms with E-state index in [1.807, 2.05) is 16.0 Å². The number of nitrogens with one attached hydrogen (secondary N) is 13. The number of ether oxygens (including phenoxy) is 1. The van der Waals surface area contributed by atoms with E-state index >= 15 is 0 Å². The molecule has 1 aliphatic rings. The number of anilines is 1. The van der Waals surface area contributed by atoms with E-state index in [0.717, 1.165) is 27.7 Å². The van der Waals surface area contributed by atoms with Crippen LogP contribution in [-0.4, -0.2) is 230 Å². The van der Waals surface area contributed by atoms with Gasteiger partial charge in [0.1, 0.15) is 72.3 Å². The van der Waals surface area contributed by atoms with Crippen molar-refractivity contribution in [3.8, 4) is 0 Å². The summed E-state index contributed by atoms with van der Waals surface area (Å²) in [6, 6.07) is -9.57. The first-order valence-corrected chi connectivity index (χ1v) is 32.6. The summed E-state index contributed by atoms with van der Waals surface area (Å²) in [7, 11) is 0. The van der Waals surface area contributed by atoms with Crippen LogP contribution < -0.4 is 81.2 Å². The lowest BCUT2D eigenvalue weighted by Crippen LogP contribution is -2.61. The van der Waals surface area contributed by atoms with Gasteiger partial charge in [0.05, 0.1) is 51.4 Å². The Balaban J connectivity index is 1.87. The Kier molecular flexibility index (Phi) is 33.5. The van der Waals surface area contributed by atoms with Gasteiger partial charge in [-0.05, 0) is 63.3 Å². The second-order valence-electron chi connectivity index (χ2n) is 24.4. The summed E-state index contributed by atoms with van der Waals surface area (Å²) in [6.07, 6.45) is -6.79. The molecule has 41 nitrogen and oxygen atoms in total. The van der Waals surface area contributed by atoms with Crippen LogP contribution in [0.15, 0.2) is 54.7 Å². The highest BCUT2D eigenvalue weighted by Gasteiger charge is 2.41. The number of nitrogen functional groups attached to an aromatic ring is 1. The molecule has 11 unspecified atom stereocenters. The van der Waals surface area contributed by atoms with E-state index in [1.54, 1.807) is 37.4 Å². The fourth-order valence-electron chi connectivity index (χ4n) is 10.3. The molecule has 0 spiro atoms. The number of aliphatic hydroxyl groups is 1. The quantitative estimate of drug-likeness (QED) is 0.0154. The number of aliphatic carboxylic acids is 3. The zero-order valence-corrected chi connectivity index (χ0v) is 57.5. The van der Waals surface area contributed by atoms with Gasteiger partial charge < -0.3 is 110 Å². The SMILES string of the molecule is CCCCC1NC(=O)CNC(=O)C(NC(=O)C(CC(=O)ON)NC(=O)[C@H](CC(C)=O)NC(=O)[C@H](N)Cc2c[nH]c3ccccc23)C(C)OC(=O)C(CC(=O)c2ccccc2N)NC(=O)C(C(C)CC(=O)O)NC(=O)C(CO)NC(=O)CNC(=O)C(CC(=O)O)NC(=O)C(C)NC(=O)C(CC(=O)O)NC1=O. The van der Waals surface area contributed by atoms with E-state index in [-0.39, 0.29) is 30.5 Å². The Labute approximate surface area is 597 Å². The summed E-state index contributed by atoms with van der Waals surface area (Å²) in [4.78, 5) is 265. The molecule has 0 radical (unpaired) electrons. The Morgan fingerprint density at radius 2 is 1.17 bits per heavy atom. The molecular formula is C64H86N16O25. The number of ketones is 2. The van der Waals surface area contributed by atoms with Crippen LogP contribution in [-0.2, 0) is 102 Å². The number of carboxylic acids is 3. The number of carbonyl (C=O) groups is 19. The molecule has 4 rings (SSSR count). The molecule has 3 aromatic rings. The van der Waals surface area contributed by atoms with E-state index in [4.69, 9.17) is 22.1 Å². The summed E-state index contributed by atoms with van der Waals surface area (Å²) < 4.78 is 5.68. The third kappa shape index (κ3) is 27.4. The minimum absolute atomic E-state index is 0.103. The third-order valence-corrected chi connectivity index (χ3v) is 15.9. The summed E-state index contributed by atoms with van der Waals surface area (Å²) in [5, 5.41) is 66.0. The van der Waals surface area contributed by atoms with Gasteiger partial charge >= 0.3 is 29.8 Å². The van der Waals surface area contributed by atoms with Crippen LogP contribution in [0, 0.1) is 5.92 Å². The molecule has 1 saturated heterocycles. The van der Waals surface area contributed by atoms with Gasteiger partial charge in [-0.15, -0.1) is 0 Å². The highest BCUT2D eigenvalue weighted by atomic mass is 16.7. The van der Waals surface area contributed by atoms with Crippen LogP contribution in [0.25, 0.3) is 10.9 Å². The van der Waals surface area contributed by atoms with Crippen molar-refractivity contribution in [2.45, 2.75) is 171 Å². The Morgan fingerprint density at radius 3 is 1.77 bits per heavy atom. The maximum Gasteiger partial charge on any atom is 0.329 e. The number of carbonyl (C=O) groups excluding carboxylic acids is 16. The molecular weight excluding hydrogens is 1390 g/mol. The van der Waals surface area contributed by atoms with Crippen LogP contribution in [0.1, 0.15) is 108 Å². The number of esters is 1. The number of rotatable bonds is 26. The van der Waals surface area contributed by atoms with E-state index in [9.17, 15) is 112 Å². The van der Waals surface area contributed by atoms with E-state index in [0.29, 0.717) is 22.9 Å². The number of aliphatic hydroxyl groups excluding tert-OH is 1. The van der Waals surface area contributed by atoms with Crippen LogP contribution in [0.3, 0.4) is 0 Å². The maximum atomic E-state index is 14.8. The molecule has 0 aliphatic carbocycles. The number of cyclic esters (lactones) is 1. The maximum absolute atomic E-state index is 14.8. The van der Waals surface area contributed by atoms with Crippen LogP contribution >= 0.6 is 0 Å². The zero-order valence-electron chi connectivity index (χ0n) is 57.5. The van der Waals surface area contributed by atoms with Crippen molar-refractivity contribution in [3.05, 3.63) is 65.9 Å². The number of aromatic nitrogens is 1. The first kappa shape index (κ1) is 85.4. The Morgan fingerprint density at radius 1 is 0.619 bits per heavy atom. The van der Waals surface area contributed by atoms with Gasteiger partial charge in [-0.1, -0.05) is 57.0 Å². The number of amides is 12. The summed E-state index contributed by atoms with van der Waals surface area (Å²) >= 11 is 0. The third-order valence-electron chi connectivity index (χ3n) is 15.9. The first-order valence-electron chi connectivity index (χ1n) is 32.6. The van der Waals surface area contributed by atoms with Gasteiger partial charge in [-0.25, -0.2) is 4.79 Å². The number of benzene rings is 2. The second-order valence-corrected chi connectivity index (χ2v) is 24.4. The van der Waals surface area contributed by atoms with Crippen molar-refractivity contribution in [1.29, 1.82) is 0 Å². The van der Waals surface area contributed by atoms with Gasteiger partial charge in [0.15, 0.2) is 5.78 Å². The van der Waals surface area contributed by atoms with Crippen molar-refractivity contribution in [3.63, 3.8) is 0 Å². The van der Waals surface area contributed by atoms with Crippen molar-refractivity contribution in [2.24, 2.45) is 17.5 Å². The second kappa shape index (κ2) is 41.2. The number of hydrogen-bond donors (Lipinski definition) is 20. The molecule has 0 saturated carbocycles. The average Bonchev–Trinajstić information content (AvgIpc) is 1.23. The first-order chi connectivity index (χ1) is 49.5. The lowest BCUT2D eigenvalue weighted by atomic mass is 9.96. The Bertz CT molecular complexity index is 3770. The monoisotopic (exact) mass is 1480 g/mol. The molecule has 1 fully saturated rings. The Hall–Kier alpha value is -12.0. The molecule has 41 heteroatoms. The van der Waals surface area contributed by atoms with Gasteiger partial charge in [0.2, 0.25) is 70.9 Å². The minimum Gasteiger partial charge on any atom is -0.481 e. The van der Waals surface area contributed by atoms with Gasteiger partial charge in [0, 0.05) is 41.2 Å². The van der Waals surface area contributed by atoms with E-state index in [2.05, 4.69) is 57.7 Å². The van der Waals surface area contributed by atoms with Crippen molar-refractivity contribution in [2.75, 3.05) is 25.4 Å². The molecule has 0 bridgehead atoms. The van der Waals surface area contributed by atoms with Crippen LogP contribution in [0.5, 0.6) is 0 Å². The highest BCUT2D eigenvalue weighted by molar-refractivity contribution is 6.05. The molecule has 13 atom stereocenters. The van der Waals surface area contributed by atoms with Gasteiger partial charge in [-0.2, -0.15) is 5.90 Å². The molecule has 1 aliphatic heterocycles. The average molecular weight is 1480 g/mol. The topological polar surface area (TPSA) is 662 Å². The smallest absolute Gasteiger partial charge is 0.329 e. The number of nitrogens with two attached hydrogens (primary N) is 3. The highest BCUT2D eigenvalue weighted by Crippen LogP contribution is 2.21. The van der Waals surface area contributed by atoms with Gasteiger partial charge in [-0.3, -0.25) is 86.3 Å². The number of unbranched alkanes of at least 4 members (excludes halogenated alkanes) is 1. The fraction of sp³-hybridized carbons (Fsp3) is 0.484. The number of para-hydroxylation sites is 2. The van der Waals surface area contributed by atoms with Crippen molar-refractivity contribution >= 4 is 129 Å². The van der Waals surface area contributed by atoms with E-state index in [1.165, 1.54) is 24.3 Å². The molecule has 572 valence electrons. The standard InChI is InChI=1S/C64H86N16O25/c1-6-7-15-38-57(96)76-41(22-50(90)91)58(97)71-30(4)54(93)74-40(21-49(88)89)56(95)69-25-47(85)73-44(27-81)61(100)79-52(28(2)17-48(86)87)63(102)78-43(20-45(83)34-13-8-10-14-35(34)65)64(103)104-31(5)53(62(101)70-26-46(84)72-38)80-60(99)42(23-51(92)105-67)77-59(98)39(18-29(3)82)75-55(94)36(66)19-32-24-68-37-16-11-9-12-33(32)37/h8-14,16,24,28,30-31,36,38-44,52-53,68,81H,6-7,15,17-23,25-27,65-67H2,1-5H3,(H,69,95)(H,70,101)(H,71,97)(H,72,84)(H,73,85)(H,74,93)(H,75,94)(H,76,96)(H,77,98)(H,78,102)(H,79,100)(H,80,99)(H,86,87)(H,88,89)(H,90,91)/t28?,30?,31?,36-,38?,39+,40?,41?,42?,43?,44?,52?,53?/m1/s1. The van der Waals surface area contributed by atoms with Crippen LogP contribution in [0.2, 0.25) is 0 Å². The number of fused-ring (bicyclic) bond motifs is 1. The predicted molar refractivity (Wildman–Crippen MR) is 359 cm³/mol. The summed E-state index contributed by atoms with van der Waals surface area (Å²) in [6.45, 7) is 2.09. The van der Waals surface area contributed by atoms with Crippen molar-refractivity contribution in [1.82, 2.24) is 68.8 Å². The lowest BCUT2D eigenvalue weighted by molar-refractivity contribution is -0.156. The number of H-pyrrole nitrogens is 1. The number of carboxylic acid groups (broad SMARTS) is 3. The van der Waals surface area contributed by atoms with Crippen molar-refractivity contribution < 1.29 is 121 Å². The predicted octanol–water partition coefficient (Wildman–Crippen LogP) is -7.03. The molecule has 2 heterocycles. The largest absolute Gasteiger partial charge is 0.481 e. The summed E-state index contributed by atoms with van der Waals surface area (Å²) in [5.74, 6) is -22.3. The molecule has 105 heavy (non-hydrogen) atoms.